The van der Waals surface area contributed by atoms with Gasteiger partial charge in [0.25, 0.3) is 0 Å². The number of piperidine rings is 1. The minimum atomic E-state index is -1.69. The van der Waals surface area contributed by atoms with Crippen molar-refractivity contribution in [2.24, 2.45) is 11.8 Å². The third-order valence-corrected chi connectivity index (χ3v) is 4.58. The van der Waals surface area contributed by atoms with Crippen molar-refractivity contribution in [1.29, 1.82) is 0 Å². The van der Waals surface area contributed by atoms with Crippen LogP contribution < -0.4 is 10.1 Å². The van der Waals surface area contributed by atoms with Gasteiger partial charge in [0.2, 0.25) is 11.8 Å². The molecule has 1 saturated heterocycles. The quantitative estimate of drug-likeness (QED) is 0.508. The molecule has 1 unspecified atom stereocenters. The standard InChI is InChI=1S/C20H17NO7/c22-17-15(19(24)25)14(16(20(26)27)18(23)21-17)12-6-8-13(9-7-12)28-10-11-4-2-1-3-5-11/h1-9,14-16H,10H2,(H,24,25)(H,26,27)(H,21,22,23)/t14?,15-,16+. The van der Waals surface area contributed by atoms with Gasteiger partial charge in [0.1, 0.15) is 24.2 Å². The number of carbonyl (C=O) groups is 4. The van der Waals surface area contributed by atoms with Gasteiger partial charge in [0, 0.05) is 5.92 Å². The fourth-order valence-corrected chi connectivity index (χ4v) is 3.24. The molecule has 1 aliphatic rings. The van der Waals surface area contributed by atoms with Crippen LogP contribution in [0, 0.1) is 11.8 Å². The van der Waals surface area contributed by atoms with Gasteiger partial charge in [-0.3, -0.25) is 24.5 Å². The summed E-state index contributed by atoms with van der Waals surface area (Å²) in [7, 11) is 0. The first-order valence-corrected chi connectivity index (χ1v) is 8.45. The van der Waals surface area contributed by atoms with E-state index in [1.807, 2.05) is 35.6 Å². The molecule has 28 heavy (non-hydrogen) atoms. The summed E-state index contributed by atoms with van der Waals surface area (Å²) >= 11 is 0. The Hall–Kier alpha value is -3.68. The maximum atomic E-state index is 12.0. The summed E-state index contributed by atoms with van der Waals surface area (Å²) in [6.07, 6.45) is 0. The third-order valence-electron chi connectivity index (χ3n) is 4.58. The zero-order valence-electron chi connectivity index (χ0n) is 14.6. The van der Waals surface area contributed by atoms with Crippen molar-refractivity contribution in [3.8, 4) is 5.75 Å². The highest BCUT2D eigenvalue weighted by atomic mass is 16.5. The number of benzene rings is 2. The smallest absolute Gasteiger partial charge is 0.316 e. The Morgan fingerprint density at radius 1 is 0.857 bits per heavy atom. The van der Waals surface area contributed by atoms with Crippen LogP contribution in [0.3, 0.4) is 0 Å². The lowest BCUT2D eigenvalue weighted by atomic mass is 9.73. The molecule has 0 spiro atoms. The number of hydrogen-bond acceptors (Lipinski definition) is 5. The molecule has 3 rings (SSSR count). The fraction of sp³-hybridized carbons (Fsp3) is 0.200. The summed E-state index contributed by atoms with van der Waals surface area (Å²) in [6.45, 7) is 0.319. The van der Waals surface area contributed by atoms with Crippen LogP contribution in [-0.2, 0) is 25.8 Å². The molecule has 0 saturated carbocycles. The van der Waals surface area contributed by atoms with Gasteiger partial charge >= 0.3 is 11.9 Å². The Labute approximate surface area is 159 Å². The summed E-state index contributed by atoms with van der Waals surface area (Å²) in [5, 5.41) is 20.6. The van der Waals surface area contributed by atoms with Crippen LogP contribution >= 0.6 is 0 Å². The molecule has 8 nitrogen and oxygen atoms in total. The number of hydrogen-bond donors (Lipinski definition) is 3. The average Bonchev–Trinajstić information content (AvgIpc) is 2.66. The van der Waals surface area contributed by atoms with E-state index in [0.29, 0.717) is 12.4 Å². The van der Waals surface area contributed by atoms with Crippen LogP contribution in [0.5, 0.6) is 5.75 Å². The second-order valence-electron chi connectivity index (χ2n) is 6.35. The molecule has 2 aromatic rings. The first-order chi connectivity index (χ1) is 13.4. The van der Waals surface area contributed by atoms with E-state index in [4.69, 9.17) is 4.74 Å². The largest absolute Gasteiger partial charge is 0.489 e. The number of carbonyl (C=O) groups excluding carboxylic acids is 2. The maximum Gasteiger partial charge on any atom is 0.316 e. The lowest BCUT2D eigenvalue weighted by Crippen LogP contribution is -2.55. The van der Waals surface area contributed by atoms with Gasteiger partial charge < -0.3 is 14.9 Å². The number of amides is 2. The molecule has 1 fully saturated rings. The third kappa shape index (κ3) is 3.85. The Bertz CT molecular complexity index is 876. The molecule has 8 heteroatoms. The first kappa shape index (κ1) is 19.1. The molecular weight excluding hydrogens is 366 g/mol. The number of imide groups is 1. The van der Waals surface area contributed by atoms with Gasteiger partial charge in [-0.25, -0.2) is 0 Å². The lowest BCUT2D eigenvalue weighted by molar-refractivity contribution is -0.158. The number of aliphatic carboxylic acids is 2. The van der Waals surface area contributed by atoms with Gasteiger partial charge in [0.15, 0.2) is 0 Å². The Morgan fingerprint density at radius 2 is 1.39 bits per heavy atom. The fourth-order valence-electron chi connectivity index (χ4n) is 3.24. The monoisotopic (exact) mass is 383 g/mol. The zero-order valence-corrected chi connectivity index (χ0v) is 14.6. The topological polar surface area (TPSA) is 130 Å². The van der Waals surface area contributed by atoms with Gasteiger partial charge in [-0.05, 0) is 23.3 Å². The van der Waals surface area contributed by atoms with E-state index >= 15 is 0 Å². The number of ether oxygens (including phenoxy) is 1. The van der Waals surface area contributed by atoms with E-state index in [9.17, 15) is 29.4 Å². The second-order valence-corrected chi connectivity index (χ2v) is 6.35. The van der Waals surface area contributed by atoms with Crippen molar-refractivity contribution in [2.75, 3.05) is 0 Å². The number of carboxylic acids is 2. The van der Waals surface area contributed by atoms with Crippen LogP contribution in [0.25, 0.3) is 0 Å². The molecule has 144 valence electrons. The van der Waals surface area contributed by atoms with Crippen molar-refractivity contribution in [3.05, 3.63) is 65.7 Å². The van der Waals surface area contributed by atoms with Crippen molar-refractivity contribution in [1.82, 2.24) is 5.32 Å². The molecular formula is C20H17NO7. The van der Waals surface area contributed by atoms with Crippen LogP contribution in [-0.4, -0.2) is 34.0 Å². The summed E-state index contributed by atoms with van der Waals surface area (Å²) in [5.41, 5.74) is 1.22. The molecule has 0 radical (unpaired) electrons. The SMILES string of the molecule is O=C(O)[C@@H]1C(=O)NC(=O)[C@H](C(=O)O)C1c1ccc(OCc2ccccc2)cc1. The van der Waals surface area contributed by atoms with Crippen LogP contribution in [0.15, 0.2) is 54.6 Å². The van der Waals surface area contributed by atoms with E-state index in [2.05, 4.69) is 0 Å². The lowest BCUT2D eigenvalue weighted by Gasteiger charge is -2.32. The van der Waals surface area contributed by atoms with Crippen LogP contribution in [0.2, 0.25) is 0 Å². The van der Waals surface area contributed by atoms with Crippen molar-refractivity contribution in [3.63, 3.8) is 0 Å². The van der Waals surface area contributed by atoms with Crippen molar-refractivity contribution >= 4 is 23.8 Å². The minimum absolute atomic E-state index is 0.259. The van der Waals surface area contributed by atoms with E-state index < -0.39 is 41.5 Å². The molecule has 1 heterocycles. The molecule has 1 aliphatic heterocycles. The van der Waals surface area contributed by atoms with Gasteiger partial charge in [-0.1, -0.05) is 42.5 Å². The number of carboxylic acid groups (broad SMARTS) is 2. The highest BCUT2D eigenvalue weighted by molar-refractivity contribution is 6.14. The van der Waals surface area contributed by atoms with Crippen molar-refractivity contribution < 1.29 is 34.1 Å². The van der Waals surface area contributed by atoms with Crippen molar-refractivity contribution in [2.45, 2.75) is 12.5 Å². The minimum Gasteiger partial charge on any atom is -0.489 e. The Morgan fingerprint density at radius 3 is 1.89 bits per heavy atom. The molecule has 2 amide bonds. The zero-order chi connectivity index (χ0) is 20.3. The second kappa shape index (κ2) is 7.91. The van der Waals surface area contributed by atoms with E-state index in [1.54, 1.807) is 12.1 Å². The summed E-state index contributed by atoms with van der Waals surface area (Å²) in [6, 6.07) is 15.5. The molecule has 2 aromatic carbocycles. The highest BCUT2D eigenvalue weighted by Crippen LogP contribution is 2.37. The molecule has 0 aromatic heterocycles. The maximum absolute atomic E-state index is 12.0. The highest BCUT2D eigenvalue weighted by Gasteiger charge is 2.51. The van der Waals surface area contributed by atoms with Gasteiger partial charge in [-0.15, -0.1) is 0 Å². The predicted molar refractivity (Wildman–Crippen MR) is 95.4 cm³/mol. The van der Waals surface area contributed by atoms with E-state index in [0.717, 1.165) is 5.56 Å². The van der Waals surface area contributed by atoms with Gasteiger partial charge in [0.05, 0.1) is 0 Å². The van der Waals surface area contributed by atoms with E-state index in [-0.39, 0.29) is 5.56 Å². The molecule has 0 bridgehead atoms. The van der Waals surface area contributed by atoms with Gasteiger partial charge in [-0.2, -0.15) is 0 Å². The van der Waals surface area contributed by atoms with Crippen LogP contribution in [0.1, 0.15) is 17.0 Å². The summed E-state index contributed by atoms with van der Waals surface area (Å²) < 4.78 is 5.65. The summed E-state index contributed by atoms with van der Waals surface area (Å²) in [4.78, 5) is 47.1. The Kier molecular flexibility index (Phi) is 5.39. The predicted octanol–water partition coefficient (Wildman–Crippen LogP) is 1.41. The Balaban J connectivity index is 1.85. The molecule has 0 aliphatic carbocycles. The molecule has 3 N–H and O–H groups in total. The normalized spacial score (nSPS) is 21.6. The average molecular weight is 383 g/mol. The number of rotatable bonds is 6. The first-order valence-electron chi connectivity index (χ1n) is 8.45. The molecule has 3 atom stereocenters. The number of nitrogens with one attached hydrogen (secondary N) is 1. The summed E-state index contributed by atoms with van der Waals surface area (Å²) in [5.74, 6) is -9.24. The van der Waals surface area contributed by atoms with Crippen LogP contribution in [0.4, 0.5) is 0 Å². The van der Waals surface area contributed by atoms with E-state index in [1.165, 1.54) is 12.1 Å².